The smallest absolute Gasteiger partial charge is 0.271 e. The largest absolute Gasteiger partial charge is 0.280 e. The second kappa shape index (κ2) is 5.53. The standard InChI is InChI=1S/C14H14N2O4S/c1-10-8-13(16(17)18)9-14(11(10)2)21(19,20)15-12-6-4-3-5-7-12/h3-9,15H,1-2H3. The molecule has 0 bridgehead atoms. The van der Waals surface area contributed by atoms with Gasteiger partial charge in [-0.05, 0) is 37.1 Å². The zero-order valence-corrected chi connectivity index (χ0v) is 12.3. The number of hydrogen-bond acceptors (Lipinski definition) is 4. The molecule has 0 aliphatic rings. The van der Waals surface area contributed by atoms with Crippen LogP contribution >= 0.6 is 0 Å². The summed E-state index contributed by atoms with van der Waals surface area (Å²) in [5.74, 6) is 0. The molecule has 0 amide bonds. The maximum Gasteiger partial charge on any atom is 0.271 e. The van der Waals surface area contributed by atoms with E-state index in [4.69, 9.17) is 0 Å². The van der Waals surface area contributed by atoms with Gasteiger partial charge in [-0.2, -0.15) is 0 Å². The SMILES string of the molecule is Cc1cc([N+](=O)[O-])cc(S(=O)(=O)Nc2ccccc2)c1C. The quantitative estimate of drug-likeness (QED) is 0.694. The zero-order chi connectivity index (χ0) is 15.6. The van der Waals surface area contributed by atoms with E-state index in [0.717, 1.165) is 6.07 Å². The molecule has 0 fully saturated rings. The van der Waals surface area contributed by atoms with Crippen molar-refractivity contribution in [2.24, 2.45) is 0 Å². The van der Waals surface area contributed by atoms with Crippen molar-refractivity contribution in [3.05, 3.63) is 63.7 Å². The second-order valence-electron chi connectivity index (χ2n) is 4.61. The molecule has 0 radical (unpaired) electrons. The van der Waals surface area contributed by atoms with Crippen molar-refractivity contribution in [3.8, 4) is 0 Å². The molecule has 2 rings (SSSR count). The maximum absolute atomic E-state index is 12.4. The normalized spacial score (nSPS) is 11.1. The molecule has 0 aromatic heterocycles. The molecule has 0 atom stereocenters. The topological polar surface area (TPSA) is 89.3 Å². The number of nitrogens with zero attached hydrogens (tertiary/aromatic N) is 1. The Kier molecular flexibility index (Phi) is 3.95. The number of nitrogens with one attached hydrogen (secondary N) is 1. The lowest BCUT2D eigenvalue weighted by Gasteiger charge is -2.12. The van der Waals surface area contributed by atoms with Gasteiger partial charge < -0.3 is 0 Å². The minimum absolute atomic E-state index is 0.0851. The summed E-state index contributed by atoms with van der Waals surface area (Å²) in [6.07, 6.45) is 0. The summed E-state index contributed by atoms with van der Waals surface area (Å²) in [5.41, 5.74) is 1.20. The van der Waals surface area contributed by atoms with Crippen LogP contribution in [0, 0.1) is 24.0 Å². The summed E-state index contributed by atoms with van der Waals surface area (Å²) in [7, 11) is -3.88. The summed E-state index contributed by atoms with van der Waals surface area (Å²) < 4.78 is 27.2. The molecule has 0 aliphatic carbocycles. The highest BCUT2D eigenvalue weighted by atomic mass is 32.2. The molecule has 1 N–H and O–H groups in total. The van der Waals surface area contributed by atoms with Gasteiger partial charge in [0, 0.05) is 17.8 Å². The molecular weight excluding hydrogens is 292 g/mol. The average Bonchev–Trinajstić information content (AvgIpc) is 2.41. The first-order valence-corrected chi connectivity index (χ1v) is 7.63. The lowest BCUT2D eigenvalue weighted by atomic mass is 10.1. The number of aryl methyl sites for hydroxylation is 1. The van der Waals surface area contributed by atoms with Crippen LogP contribution in [0.5, 0.6) is 0 Å². The fourth-order valence-corrected chi connectivity index (χ4v) is 3.31. The predicted octanol–water partition coefficient (Wildman–Crippen LogP) is 3.01. The third-order valence-corrected chi connectivity index (χ3v) is 4.64. The molecule has 0 spiro atoms. The number of nitro benzene ring substituents is 1. The number of rotatable bonds is 4. The van der Waals surface area contributed by atoms with Gasteiger partial charge in [0.05, 0.1) is 9.82 Å². The van der Waals surface area contributed by atoms with E-state index in [9.17, 15) is 18.5 Å². The van der Waals surface area contributed by atoms with Crippen LogP contribution in [0.2, 0.25) is 0 Å². The number of para-hydroxylation sites is 1. The molecule has 0 aliphatic heterocycles. The Morgan fingerprint density at radius 3 is 2.29 bits per heavy atom. The summed E-state index contributed by atoms with van der Waals surface area (Å²) in [6, 6.07) is 10.8. The Balaban J connectivity index is 2.52. The molecular formula is C14H14N2O4S. The molecule has 2 aromatic rings. The first-order chi connectivity index (χ1) is 9.81. The van der Waals surface area contributed by atoms with E-state index in [0.29, 0.717) is 16.8 Å². The number of nitro groups is 1. The van der Waals surface area contributed by atoms with Gasteiger partial charge in [0.15, 0.2) is 0 Å². The molecule has 0 saturated heterocycles. The number of non-ortho nitro benzene ring substituents is 1. The molecule has 21 heavy (non-hydrogen) atoms. The fourth-order valence-electron chi connectivity index (χ4n) is 1.91. The molecule has 0 heterocycles. The minimum Gasteiger partial charge on any atom is -0.280 e. The van der Waals surface area contributed by atoms with Crippen molar-refractivity contribution in [2.75, 3.05) is 4.72 Å². The Morgan fingerprint density at radius 2 is 1.71 bits per heavy atom. The first kappa shape index (κ1) is 15.0. The molecule has 7 heteroatoms. The minimum atomic E-state index is -3.88. The van der Waals surface area contributed by atoms with Gasteiger partial charge in [-0.3, -0.25) is 14.8 Å². The van der Waals surface area contributed by atoms with E-state index < -0.39 is 14.9 Å². The summed E-state index contributed by atoms with van der Waals surface area (Å²) in [6.45, 7) is 3.27. The molecule has 110 valence electrons. The average molecular weight is 306 g/mol. The predicted molar refractivity (Wildman–Crippen MR) is 79.8 cm³/mol. The van der Waals surface area contributed by atoms with E-state index in [1.807, 2.05) is 0 Å². The highest BCUT2D eigenvalue weighted by molar-refractivity contribution is 7.92. The van der Waals surface area contributed by atoms with E-state index in [-0.39, 0.29) is 10.6 Å². The third-order valence-electron chi connectivity index (χ3n) is 3.13. The molecule has 6 nitrogen and oxygen atoms in total. The van der Waals surface area contributed by atoms with Crippen molar-refractivity contribution in [3.63, 3.8) is 0 Å². The monoisotopic (exact) mass is 306 g/mol. The molecule has 0 unspecified atom stereocenters. The van der Waals surface area contributed by atoms with Gasteiger partial charge in [0.25, 0.3) is 15.7 Å². The van der Waals surface area contributed by atoms with Crippen LogP contribution in [-0.2, 0) is 10.0 Å². The number of anilines is 1. The van der Waals surface area contributed by atoms with Crippen LogP contribution in [0.15, 0.2) is 47.4 Å². The molecule has 0 saturated carbocycles. The fraction of sp³-hybridized carbons (Fsp3) is 0.143. The summed E-state index contributed by atoms with van der Waals surface area (Å²) >= 11 is 0. The maximum atomic E-state index is 12.4. The van der Waals surface area contributed by atoms with Crippen LogP contribution in [0.4, 0.5) is 11.4 Å². The van der Waals surface area contributed by atoms with Crippen molar-refractivity contribution in [2.45, 2.75) is 18.7 Å². The Hall–Kier alpha value is -2.41. The van der Waals surface area contributed by atoms with Crippen molar-refractivity contribution >= 4 is 21.4 Å². The van der Waals surface area contributed by atoms with Crippen LogP contribution in [0.25, 0.3) is 0 Å². The number of hydrogen-bond donors (Lipinski definition) is 1. The van der Waals surface area contributed by atoms with Gasteiger partial charge in [0.2, 0.25) is 0 Å². The Morgan fingerprint density at radius 1 is 1.10 bits per heavy atom. The summed E-state index contributed by atoms with van der Waals surface area (Å²) in [5, 5.41) is 10.9. The first-order valence-electron chi connectivity index (χ1n) is 6.15. The molecule has 2 aromatic carbocycles. The lowest BCUT2D eigenvalue weighted by Crippen LogP contribution is -2.15. The van der Waals surface area contributed by atoms with Crippen LogP contribution < -0.4 is 4.72 Å². The highest BCUT2D eigenvalue weighted by Gasteiger charge is 2.22. The highest BCUT2D eigenvalue weighted by Crippen LogP contribution is 2.26. The Labute approximate surface area is 122 Å². The zero-order valence-electron chi connectivity index (χ0n) is 11.5. The third kappa shape index (κ3) is 3.19. The lowest BCUT2D eigenvalue weighted by molar-refractivity contribution is -0.385. The van der Waals surface area contributed by atoms with Gasteiger partial charge >= 0.3 is 0 Å². The van der Waals surface area contributed by atoms with Gasteiger partial charge in [-0.15, -0.1) is 0 Å². The van der Waals surface area contributed by atoms with E-state index in [2.05, 4.69) is 4.72 Å². The van der Waals surface area contributed by atoms with Crippen LogP contribution in [0.3, 0.4) is 0 Å². The van der Waals surface area contributed by atoms with E-state index in [1.54, 1.807) is 44.2 Å². The van der Waals surface area contributed by atoms with Gasteiger partial charge in [-0.25, -0.2) is 8.42 Å². The Bertz CT molecular complexity index is 786. The van der Waals surface area contributed by atoms with Crippen molar-refractivity contribution < 1.29 is 13.3 Å². The number of benzene rings is 2. The van der Waals surface area contributed by atoms with Crippen molar-refractivity contribution in [1.29, 1.82) is 0 Å². The van der Waals surface area contributed by atoms with Crippen LogP contribution in [0.1, 0.15) is 11.1 Å². The number of sulfonamides is 1. The van der Waals surface area contributed by atoms with Crippen LogP contribution in [-0.4, -0.2) is 13.3 Å². The second-order valence-corrected chi connectivity index (χ2v) is 6.27. The van der Waals surface area contributed by atoms with Gasteiger partial charge in [-0.1, -0.05) is 18.2 Å². The summed E-state index contributed by atoms with van der Waals surface area (Å²) in [4.78, 5) is 10.2. The van der Waals surface area contributed by atoms with Gasteiger partial charge in [0.1, 0.15) is 0 Å². The van der Waals surface area contributed by atoms with Crippen molar-refractivity contribution in [1.82, 2.24) is 0 Å². The van der Waals surface area contributed by atoms with E-state index in [1.165, 1.54) is 6.07 Å². The van der Waals surface area contributed by atoms with E-state index >= 15 is 0 Å².